The molecule has 0 saturated carbocycles. The average molecular weight is 404 g/mol. The van der Waals surface area contributed by atoms with Crippen LogP contribution in [0.4, 0.5) is 11.4 Å². The van der Waals surface area contributed by atoms with E-state index < -0.39 is 4.92 Å². The summed E-state index contributed by atoms with van der Waals surface area (Å²) < 4.78 is 0. The lowest BCUT2D eigenvalue weighted by Gasteiger charge is -2.04. The van der Waals surface area contributed by atoms with Crippen LogP contribution in [0.15, 0.2) is 47.6 Å². The maximum absolute atomic E-state index is 12.1. The Bertz CT molecular complexity index is 1010. The van der Waals surface area contributed by atoms with Gasteiger partial charge in [-0.05, 0) is 25.1 Å². The highest BCUT2D eigenvalue weighted by Crippen LogP contribution is 2.27. The number of nitrogens with one attached hydrogen (secondary N) is 2. The molecule has 0 radical (unpaired) electrons. The Labute approximate surface area is 163 Å². The summed E-state index contributed by atoms with van der Waals surface area (Å²) in [7, 11) is 0. The Kier molecular flexibility index (Phi) is 5.72. The zero-order valence-electron chi connectivity index (χ0n) is 14.1. The number of nitro groups is 1. The van der Waals surface area contributed by atoms with Crippen LogP contribution in [-0.4, -0.2) is 31.8 Å². The number of nitro benzene ring substituents is 1. The zero-order valence-corrected chi connectivity index (χ0v) is 15.7. The van der Waals surface area contributed by atoms with Gasteiger partial charge in [0, 0.05) is 17.3 Å². The molecule has 0 saturated heterocycles. The summed E-state index contributed by atoms with van der Waals surface area (Å²) >= 11 is 6.91. The van der Waals surface area contributed by atoms with Crippen molar-refractivity contribution in [2.24, 2.45) is 0 Å². The maximum Gasteiger partial charge on any atom is 0.289 e. The standard InChI is InChI=1S/C17H14ClN5O3S/c1-10-3-2-4-11(7-10)16-20-17(22-21-16)27-9-15(24)19-12-5-6-13(18)14(8-12)23(25)26/h2-8H,9H2,1H3,(H,19,24)(H,20,21,22). The van der Waals surface area contributed by atoms with E-state index in [-0.39, 0.29) is 22.4 Å². The SMILES string of the molecule is Cc1cccc(-c2nc(SCC(=O)Nc3ccc(Cl)c([N+](=O)[O-])c3)n[nH]2)c1. The van der Waals surface area contributed by atoms with Gasteiger partial charge in [0.05, 0.1) is 10.7 Å². The third-order valence-electron chi connectivity index (χ3n) is 3.52. The molecule has 8 nitrogen and oxygen atoms in total. The van der Waals surface area contributed by atoms with E-state index in [0.717, 1.165) is 22.9 Å². The van der Waals surface area contributed by atoms with Crippen LogP contribution in [0.25, 0.3) is 11.4 Å². The number of carbonyl (C=O) groups is 1. The van der Waals surface area contributed by atoms with Gasteiger partial charge in [0.15, 0.2) is 5.82 Å². The van der Waals surface area contributed by atoms with Gasteiger partial charge in [-0.15, -0.1) is 5.10 Å². The van der Waals surface area contributed by atoms with Crippen LogP contribution in [0.2, 0.25) is 5.02 Å². The Balaban J connectivity index is 1.60. The number of hydrogen-bond acceptors (Lipinski definition) is 6. The summed E-state index contributed by atoms with van der Waals surface area (Å²) in [6, 6.07) is 11.9. The van der Waals surface area contributed by atoms with E-state index in [1.165, 1.54) is 18.2 Å². The molecule has 0 atom stereocenters. The summed E-state index contributed by atoms with van der Waals surface area (Å²) in [5.74, 6) is 0.343. The lowest BCUT2D eigenvalue weighted by molar-refractivity contribution is -0.384. The quantitative estimate of drug-likeness (QED) is 0.364. The van der Waals surface area contributed by atoms with Crippen molar-refractivity contribution in [2.45, 2.75) is 12.1 Å². The second-order valence-electron chi connectivity index (χ2n) is 5.60. The molecule has 3 rings (SSSR count). The maximum atomic E-state index is 12.1. The number of aryl methyl sites for hydroxylation is 1. The Morgan fingerprint density at radius 3 is 2.89 bits per heavy atom. The monoisotopic (exact) mass is 403 g/mol. The fourth-order valence-electron chi connectivity index (χ4n) is 2.29. The minimum Gasteiger partial charge on any atom is -0.325 e. The molecular weight excluding hydrogens is 390 g/mol. The highest BCUT2D eigenvalue weighted by atomic mass is 35.5. The van der Waals surface area contributed by atoms with E-state index in [1.54, 1.807) is 0 Å². The van der Waals surface area contributed by atoms with Crippen molar-refractivity contribution in [2.75, 3.05) is 11.1 Å². The fraction of sp³-hybridized carbons (Fsp3) is 0.118. The number of amides is 1. The molecule has 10 heteroatoms. The van der Waals surface area contributed by atoms with Crippen LogP contribution in [0.5, 0.6) is 0 Å². The molecule has 0 fully saturated rings. The number of aromatic amines is 1. The topological polar surface area (TPSA) is 114 Å². The molecule has 0 aliphatic heterocycles. The first-order chi connectivity index (χ1) is 12.9. The number of carbonyl (C=O) groups excluding carboxylic acids is 1. The third kappa shape index (κ3) is 4.83. The van der Waals surface area contributed by atoms with Gasteiger partial charge >= 0.3 is 0 Å². The van der Waals surface area contributed by atoms with E-state index >= 15 is 0 Å². The Morgan fingerprint density at radius 1 is 1.33 bits per heavy atom. The predicted molar refractivity (Wildman–Crippen MR) is 104 cm³/mol. The van der Waals surface area contributed by atoms with E-state index in [4.69, 9.17) is 11.6 Å². The zero-order chi connectivity index (χ0) is 19.4. The number of thioether (sulfide) groups is 1. The first-order valence-corrected chi connectivity index (χ1v) is 9.15. The average Bonchev–Trinajstić information content (AvgIpc) is 3.10. The Hall–Kier alpha value is -2.91. The highest BCUT2D eigenvalue weighted by Gasteiger charge is 2.14. The number of aromatic nitrogens is 3. The van der Waals surface area contributed by atoms with E-state index in [9.17, 15) is 14.9 Å². The molecule has 1 aromatic heterocycles. The molecule has 0 unspecified atom stereocenters. The summed E-state index contributed by atoms with van der Waals surface area (Å²) in [5, 5.41) is 20.9. The van der Waals surface area contributed by atoms with Crippen LogP contribution < -0.4 is 5.32 Å². The first kappa shape index (κ1) is 18.9. The number of anilines is 1. The van der Waals surface area contributed by atoms with Gasteiger partial charge < -0.3 is 5.32 Å². The molecule has 0 aliphatic rings. The minimum atomic E-state index is -0.604. The molecule has 0 bridgehead atoms. The number of nitrogens with zero attached hydrogens (tertiary/aromatic N) is 3. The second-order valence-corrected chi connectivity index (χ2v) is 6.95. The molecule has 138 valence electrons. The van der Waals surface area contributed by atoms with E-state index in [0.29, 0.717) is 16.7 Å². The smallest absolute Gasteiger partial charge is 0.289 e. The summed E-state index contributed by atoms with van der Waals surface area (Å²) in [4.78, 5) is 26.7. The van der Waals surface area contributed by atoms with Crippen LogP contribution >= 0.6 is 23.4 Å². The second kappa shape index (κ2) is 8.19. The largest absolute Gasteiger partial charge is 0.325 e. The third-order valence-corrected chi connectivity index (χ3v) is 4.68. The number of H-pyrrole nitrogens is 1. The fourth-order valence-corrected chi connectivity index (χ4v) is 3.07. The lowest BCUT2D eigenvalue weighted by Crippen LogP contribution is -2.14. The first-order valence-electron chi connectivity index (χ1n) is 7.78. The van der Waals surface area contributed by atoms with Crippen LogP contribution in [0.3, 0.4) is 0 Å². The molecule has 0 spiro atoms. The van der Waals surface area contributed by atoms with Gasteiger partial charge in [-0.1, -0.05) is 47.1 Å². The number of benzene rings is 2. The van der Waals surface area contributed by atoms with Gasteiger partial charge in [-0.3, -0.25) is 20.0 Å². The molecule has 27 heavy (non-hydrogen) atoms. The Morgan fingerprint density at radius 2 is 2.15 bits per heavy atom. The summed E-state index contributed by atoms with van der Waals surface area (Å²) in [5.41, 5.74) is 2.05. The summed E-state index contributed by atoms with van der Waals surface area (Å²) in [6.07, 6.45) is 0. The molecule has 3 aromatic rings. The van der Waals surface area contributed by atoms with Crippen LogP contribution in [0, 0.1) is 17.0 Å². The van der Waals surface area contributed by atoms with Crippen LogP contribution in [0.1, 0.15) is 5.56 Å². The lowest BCUT2D eigenvalue weighted by atomic mass is 10.1. The van der Waals surface area contributed by atoms with Crippen molar-refractivity contribution in [3.63, 3.8) is 0 Å². The van der Waals surface area contributed by atoms with Gasteiger partial charge in [0.25, 0.3) is 5.69 Å². The molecule has 1 heterocycles. The predicted octanol–water partition coefficient (Wildman–Crippen LogP) is 4.07. The molecule has 2 N–H and O–H groups in total. The van der Waals surface area contributed by atoms with Crippen LogP contribution in [-0.2, 0) is 4.79 Å². The van der Waals surface area contributed by atoms with Gasteiger partial charge in [-0.25, -0.2) is 4.98 Å². The van der Waals surface area contributed by atoms with Gasteiger partial charge in [-0.2, -0.15) is 0 Å². The van der Waals surface area contributed by atoms with Gasteiger partial charge in [0.2, 0.25) is 11.1 Å². The van der Waals surface area contributed by atoms with Crippen molar-refractivity contribution in [3.05, 3.63) is 63.2 Å². The van der Waals surface area contributed by atoms with Crippen molar-refractivity contribution < 1.29 is 9.72 Å². The summed E-state index contributed by atoms with van der Waals surface area (Å²) in [6.45, 7) is 1.99. The van der Waals surface area contributed by atoms with Crippen molar-refractivity contribution >= 4 is 40.6 Å². The molecular formula is C17H14ClN5O3S. The van der Waals surface area contributed by atoms with E-state index in [2.05, 4.69) is 20.5 Å². The van der Waals surface area contributed by atoms with Gasteiger partial charge in [0.1, 0.15) is 5.02 Å². The van der Waals surface area contributed by atoms with Crippen molar-refractivity contribution in [1.82, 2.24) is 15.2 Å². The highest BCUT2D eigenvalue weighted by molar-refractivity contribution is 7.99. The molecule has 1 amide bonds. The normalized spacial score (nSPS) is 10.6. The minimum absolute atomic E-state index is 0.0109. The number of hydrogen-bond donors (Lipinski definition) is 2. The molecule has 0 aliphatic carbocycles. The van der Waals surface area contributed by atoms with Crippen molar-refractivity contribution in [3.8, 4) is 11.4 Å². The number of halogens is 1. The van der Waals surface area contributed by atoms with Crippen molar-refractivity contribution in [1.29, 1.82) is 0 Å². The molecule has 2 aromatic carbocycles. The van der Waals surface area contributed by atoms with E-state index in [1.807, 2.05) is 31.2 Å². The number of rotatable bonds is 6.